The smallest absolute Gasteiger partial charge is 0.200 e. The van der Waals surface area contributed by atoms with E-state index in [1.807, 2.05) is 13.1 Å². The van der Waals surface area contributed by atoms with Crippen LogP contribution in [0.2, 0.25) is 0 Å². The molecular weight excluding hydrogens is 200 g/mol. The minimum absolute atomic E-state index is 0.589. The van der Waals surface area contributed by atoms with Crippen LogP contribution in [0.4, 0.5) is 5.95 Å². The Morgan fingerprint density at radius 3 is 3.12 bits per heavy atom. The van der Waals surface area contributed by atoms with Crippen LogP contribution in [0.3, 0.4) is 0 Å². The van der Waals surface area contributed by atoms with E-state index in [1.165, 1.54) is 38.8 Å². The van der Waals surface area contributed by atoms with Crippen molar-refractivity contribution >= 4 is 5.95 Å². The first kappa shape index (κ1) is 10.1. The van der Waals surface area contributed by atoms with Crippen LogP contribution in [0.25, 0.3) is 0 Å². The van der Waals surface area contributed by atoms with E-state index in [0.717, 1.165) is 17.7 Å². The lowest BCUT2D eigenvalue weighted by Crippen LogP contribution is -2.41. The highest BCUT2D eigenvalue weighted by atomic mass is 15.3. The lowest BCUT2D eigenvalue weighted by Gasteiger charge is -2.32. The molecule has 0 spiro atoms. The lowest BCUT2D eigenvalue weighted by molar-refractivity contribution is 0.192. The maximum absolute atomic E-state index is 4.33. The summed E-state index contributed by atoms with van der Waals surface area (Å²) < 4.78 is 0. The Bertz CT molecular complexity index is 360. The van der Waals surface area contributed by atoms with Crippen molar-refractivity contribution in [1.29, 1.82) is 0 Å². The third kappa shape index (κ3) is 1.82. The van der Waals surface area contributed by atoms with Gasteiger partial charge in [0.05, 0.1) is 0 Å². The first-order valence-corrected chi connectivity index (χ1v) is 6.35. The van der Waals surface area contributed by atoms with Gasteiger partial charge in [-0.05, 0) is 32.7 Å². The summed E-state index contributed by atoms with van der Waals surface area (Å²) in [4.78, 5) is 10.2. The van der Waals surface area contributed by atoms with Crippen LogP contribution in [-0.2, 0) is 0 Å². The monoisotopic (exact) mass is 220 g/mol. The van der Waals surface area contributed by atoms with Crippen molar-refractivity contribution in [3.63, 3.8) is 0 Å². The number of rotatable bonds is 2. The Kier molecular flexibility index (Phi) is 2.59. The Morgan fingerprint density at radius 1 is 1.38 bits per heavy atom. The average molecular weight is 220 g/mol. The van der Waals surface area contributed by atoms with Gasteiger partial charge in [0, 0.05) is 30.5 Å². The predicted molar refractivity (Wildman–Crippen MR) is 64.6 cm³/mol. The highest BCUT2D eigenvalue weighted by molar-refractivity contribution is 5.29. The average Bonchev–Trinajstić information content (AvgIpc) is 2.87. The molecule has 1 aromatic heterocycles. The van der Waals surface area contributed by atoms with Crippen LogP contribution in [-0.4, -0.2) is 40.0 Å². The summed E-state index contributed by atoms with van der Waals surface area (Å²) in [6.45, 7) is 4.59. The number of nitrogens with zero attached hydrogens (tertiary/aromatic N) is 2. The second-order valence-electron chi connectivity index (χ2n) is 5.05. The Hall–Kier alpha value is -1.03. The van der Waals surface area contributed by atoms with E-state index in [9.17, 15) is 0 Å². The van der Waals surface area contributed by atoms with Crippen LogP contribution in [0.15, 0.2) is 6.20 Å². The summed E-state index contributed by atoms with van der Waals surface area (Å²) in [6, 6.07) is 1.32. The standard InChI is InChI=1S/C12H20N4/c1-9-8-13-12(14-9)15-10-5-7-16-6-3-2-4-11(10)16/h8,10-11H,2-7H2,1H3,(H2,13,14,15). The lowest BCUT2D eigenvalue weighted by atomic mass is 9.99. The number of aromatic nitrogens is 2. The molecule has 0 radical (unpaired) electrons. The minimum Gasteiger partial charge on any atom is -0.351 e. The molecule has 2 aliphatic heterocycles. The maximum atomic E-state index is 4.33. The Balaban J connectivity index is 1.67. The van der Waals surface area contributed by atoms with Crippen molar-refractivity contribution in [3.8, 4) is 0 Å². The zero-order valence-corrected chi connectivity index (χ0v) is 9.87. The van der Waals surface area contributed by atoms with Crippen molar-refractivity contribution in [2.24, 2.45) is 0 Å². The SMILES string of the molecule is Cc1cnc(NC2CCN3CCCCC23)[nH]1. The Morgan fingerprint density at radius 2 is 2.31 bits per heavy atom. The molecule has 16 heavy (non-hydrogen) atoms. The van der Waals surface area contributed by atoms with Crippen molar-refractivity contribution < 1.29 is 0 Å². The summed E-state index contributed by atoms with van der Waals surface area (Å²) in [7, 11) is 0. The first-order valence-electron chi connectivity index (χ1n) is 6.35. The van der Waals surface area contributed by atoms with E-state index in [4.69, 9.17) is 0 Å². The number of H-pyrrole nitrogens is 1. The van der Waals surface area contributed by atoms with Crippen molar-refractivity contribution in [1.82, 2.24) is 14.9 Å². The molecule has 3 rings (SSSR count). The summed E-state index contributed by atoms with van der Waals surface area (Å²) in [5, 5.41) is 3.55. The fourth-order valence-corrected chi connectivity index (χ4v) is 3.08. The number of aromatic amines is 1. The third-order valence-corrected chi connectivity index (χ3v) is 3.88. The van der Waals surface area contributed by atoms with Gasteiger partial charge in [-0.15, -0.1) is 0 Å². The topological polar surface area (TPSA) is 44.0 Å². The van der Waals surface area contributed by atoms with Crippen LogP contribution in [0.1, 0.15) is 31.4 Å². The zero-order valence-electron chi connectivity index (χ0n) is 9.87. The second kappa shape index (κ2) is 4.09. The van der Waals surface area contributed by atoms with Crippen LogP contribution in [0, 0.1) is 6.92 Å². The first-order chi connectivity index (χ1) is 7.83. The van der Waals surface area contributed by atoms with Gasteiger partial charge in [0.15, 0.2) is 0 Å². The number of nitrogens with one attached hydrogen (secondary N) is 2. The zero-order chi connectivity index (χ0) is 11.0. The fraction of sp³-hybridized carbons (Fsp3) is 0.750. The largest absolute Gasteiger partial charge is 0.351 e. The van der Waals surface area contributed by atoms with Gasteiger partial charge < -0.3 is 10.3 Å². The van der Waals surface area contributed by atoms with Gasteiger partial charge in [0.2, 0.25) is 5.95 Å². The fourth-order valence-electron chi connectivity index (χ4n) is 3.08. The van der Waals surface area contributed by atoms with E-state index < -0.39 is 0 Å². The molecule has 2 unspecified atom stereocenters. The van der Waals surface area contributed by atoms with Gasteiger partial charge in [-0.1, -0.05) is 6.42 Å². The summed E-state index contributed by atoms with van der Waals surface area (Å²) in [6.07, 6.45) is 7.25. The van der Waals surface area contributed by atoms with Crippen LogP contribution in [0.5, 0.6) is 0 Å². The molecule has 88 valence electrons. The van der Waals surface area contributed by atoms with Gasteiger partial charge in [-0.25, -0.2) is 4.98 Å². The predicted octanol–water partition coefficient (Wildman–Crippen LogP) is 1.76. The van der Waals surface area contributed by atoms with Crippen LogP contribution >= 0.6 is 0 Å². The molecule has 0 amide bonds. The van der Waals surface area contributed by atoms with Crippen molar-refractivity contribution in [2.75, 3.05) is 18.4 Å². The molecule has 4 nitrogen and oxygen atoms in total. The van der Waals surface area contributed by atoms with Gasteiger partial charge in [-0.3, -0.25) is 4.90 Å². The van der Waals surface area contributed by atoms with Crippen molar-refractivity contribution in [2.45, 2.75) is 44.7 Å². The van der Waals surface area contributed by atoms with Gasteiger partial charge in [0.1, 0.15) is 0 Å². The molecule has 2 atom stereocenters. The molecule has 2 aliphatic rings. The molecule has 2 saturated heterocycles. The summed E-state index contributed by atoms with van der Waals surface area (Å²) >= 11 is 0. The second-order valence-corrected chi connectivity index (χ2v) is 5.05. The number of anilines is 1. The summed E-state index contributed by atoms with van der Waals surface area (Å²) in [5.74, 6) is 0.940. The van der Waals surface area contributed by atoms with Gasteiger partial charge in [0.25, 0.3) is 0 Å². The maximum Gasteiger partial charge on any atom is 0.200 e. The third-order valence-electron chi connectivity index (χ3n) is 3.88. The normalized spacial score (nSPS) is 30.3. The highest BCUT2D eigenvalue weighted by Gasteiger charge is 2.35. The van der Waals surface area contributed by atoms with E-state index >= 15 is 0 Å². The van der Waals surface area contributed by atoms with E-state index in [2.05, 4.69) is 20.2 Å². The number of hydrogen-bond donors (Lipinski definition) is 2. The highest BCUT2D eigenvalue weighted by Crippen LogP contribution is 2.28. The van der Waals surface area contributed by atoms with E-state index in [1.54, 1.807) is 0 Å². The Labute approximate surface area is 96.4 Å². The molecule has 0 saturated carbocycles. The van der Waals surface area contributed by atoms with Gasteiger partial charge >= 0.3 is 0 Å². The summed E-state index contributed by atoms with van der Waals surface area (Å²) in [5.41, 5.74) is 1.13. The molecule has 0 aliphatic carbocycles. The molecule has 0 aromatic carbocycles. The molecule has 3 heterocycles. The number of hydrogen-bond acceptors (Lipinski definition) is 3. The molecule has 0 bridgehead atoms. The van der Waals surface area contributed by atoms with Crippen LogP contribution < -0.4 is 5.32 Å². The van der Waals surface area contributed by atoms with Gasteiger partial charge in [-0.2, -0.15) is 0 Å². The van der Waals surface area contributed by atoms with E-state index in [-0.39, 0.29) is 0 Å². The molecule has 4 heteroatoms. The molecule has 1 aromatic rings. The number of piperidine rings is 1. The quantitative estimate of drug-likeness (QED) is 0.798. The molecule has 2 fully saturated rings. The van der Waals surface area contributed by atoms with Crippen molar-refractivity contribution in [3.05, 3.63) is 11.9 Å². The van der Waals surface area contributed by atoms with E-state index in [0.29, 0.717) is 6.04 Å². The number of fused-ring (bicyclic) bond motifs is 1. The molecule has 2 N–H and O–H groups in total. The molecular formula is C12H20N4. The number of aryl methyl sites for hydroxylation is 1. The minimum atomic E-state index is 0.589. The number of imidazole rings is 1.